The molecular formula is C21H32F2O4. The van der Waals surface area contributed by atoms with Gasteiger partial charge >= 0.3 is 11.9 Å². The highest BCUT2D eigenvalue weighted by atomic mass is 19.3. The summed E-state index contributed by atoms with van der Waals surface area (Å²) in [5.41, 5.74) is -1.21. The number of carbonyl (C=O) groups excluding carboxylic acids is 2. The van der Waals surface area contributed by atoms with Crippen LogP contribution in [0.15, 0.2) is 0 Å². The maximum Gasteiger partial charge on any atom is 0.312 e. The average Bonchev–Trinajstić information content (AvgIpc) is 2.58. The summed E-state index contributed by atoms with van der Waals surface area (Å²) in [7, 11) is 0. The molecule has 0 heterocycles. The van der Waals surface area contributed by atoms with E-state index in [0.29, 0.717) is 24.2 Å². The van der Waals surface area contributed by atoms with Crippen LogP contribution in [0.25, 0.3) is 0 Å². The summed E-state index contributed by atoms with van der Waals surface area (Å²) >= 11 is 0. The lowest BCUT2D eigenvalue weighted by Crippen LogP contribution is -2.51. The van der Waals surface area contributed by atoms with Crippen molar-refractivity contribution in [3.05, 3.63) is 0 Å². The van der Waals surface area contributed by atoms with Gasteiger partial charge in [-0.3, -0.25) is 9.59 Å². The fourth-order valence-electron chi connectivity index (χ4n) is 5.39. The SMILES string of the molecule is CCC(C)(C)C(=O)OCCC(F)(F)COC(=O)C12CC3CC(CC(C3)C1)C2. The predicted octanol–water partition coefficient (Wildman–Crippen LogP) is 4.75. The highest BCUT2D eigenvalue weighted by Crippen LogP contribution is 2.60. The second-order valence-corrected chi connectivity index (χ2v) is 9.75. The Kier molecular flexibility index (Phi) is 5.57. The van der Waals surface area contributed by atoms with E-state index in [2.05, 4.69) is 0 Å². The predicted molar refractivity (Wildman–Crippen MR) is 96.2 cm³/mol. The van der Waals surface area contributed by atoms with E-state index in [4.69, 9.17) is 9.47 Å². The Morgan fingerprint density at radius 1 is 1.00 bits per heavy atom. The lowest BCUT2D eigenvalue weighted by atomic mass is 9.49. The molecule has 4 bridgehead atoms. The number of rotatable bonds is 8. The first kappa shape index (κ1) is 20.5. The monoisotopic (exact) mass is 386 g/mol. The van der Waals surface area contributed by atoms with Crippen LogP contribution in [-0.2, 0) is 19.1 Å². The summed E-state index contributed by atoms with van der Waals surface area (Å²) in [5.74, 6) is -2.42. The van der Waals surface area contributed by atoms with Crippen LogP contribution < -0.4 is 0 Å². The molecule has 0 spiro atoms. The van der Waals surface area contributed by atoms with Crippen molar-refractivity contribution in [1.29, 1.82) is 0 Å². The van der Waals surface area contributed by atoms with Gasteiger partial charge in [0.15, 0.2) is 6.61 Å². The van der Waals surface area contributed by atoms with E-state index in [1.165, 1.54) is 19.3 Å². The molecule has 154 valence electrons. The van der Waals surface area contributed by atoms with E-state index in [-0.39, 0.29) is 6.61 Å². The molecule has 0 N–H and O–H groups in total. The molecule has 0 aromatic carbocycles. The van der Waals surface area contributed by atoms with Crippen molar-refractivity contribution in [2.75, 3.05) is 13.2 Å². The lowest BCUT2D eigenvalue weighted by molar-refractivity contribution is -0.183. The second kappa shape index (κ2) is 7.32. The van der Waals surface area contributed by atoms with Crippen LogP contribution in [0, 0.1) is 28.6 Å². The molecular weight excluding hydrogens is 354 g/mol. The second-order valence-electron chi connectivity index (χ2n) is 9.75. The van der Waals surface area contributed by atoms with E-state index in [1.807, 2.05) is 6.92 Å². The van der Waals surface area contributed by atoms with E-state index in [9.17, 15) is 18.4 Å². The van der Waals surface area contributed by atoms with E-state index in [1.54, 1.807) is 13.8 Å². The molecule has 4 nitrogen and oxygen atoms in total. The summed E-state index contributed by atoms with van der Waals surface area (Å²) in [5, 5.41) is 0. The molecule has 4 aliphatic carbocycles. The van der Waals surface area contributed by atoms with Crippen LogP contribution in [0.5, 0.6) is 0 Å². The Bertz CT molecular complexity index is 549. The van der Waals surface area contributed by atoms with Gasteiger partial charge in [-0.25, -0.2) is 8.78 Å². The molecule has 4 saturated carbocycles. The summed E-state index contributed by atoms with van der Waals surface area (Å²) in [6, 6.07) is 0. The number of hydrogen-bond acceptors (Lipinski definition) is 4. The highest BCUT2D eigenvalue weighted by molar-refractivity contribution is 5.77. The molecule has 4 rings (SSSR count). The molecule has 0 unspecified atom stereocenters. The standard InChI is InChI=1S/C21H32F2O4/c1-4-19(2,3)17(24)26-6-5-21(22,23)13-27-18(25)20-10-14-7-15(11-20)9-16(8-14)12-20/h14-16H,4-13H2,1-3H3. The minimum Gasteiger partial charge on any atom is -0.465 e. The zero-order chi connectivity index (χ0) is 19.9. The quantitative estimate of drug-likeness (QED) is 0.565. The Hall–Kier alpha value is -1.20. The van der Waals surface area contributed by atoms with Gasteiger partial charge in [0.05, 0.1) is 17.4 Å². The fourth-order valence-corrected chi connectivity index (χ4v) is 5.39. The van der Waals surface area contributed by atoms with Gasteiger partial charge in [-0.2, -0.15) is 0 Å². The first-order valence-corrected chi connectivity index (χ1v) is 10.3. The number of esters is 2. The topological polar surface area (TPSA) is 52.6 Å². The van der Waals surface area contributed by atoms with E-state index >= 15 is 0 Å². The Balaban J connectivity index is 1.46. The number of hydrogen-bond donors (Lipinski definition) is 0. The first-order valence-electron chi connectivity index (χ1n) is 10.3. The Labute approximate surface area is 160 Å². The van der Waals surface area contributed by atoms with Crippen molar-refractivity contribution in [3.8, 4) is 0 Å². The number of halogens is 2. The van der Waals surface area contributed by atoms with Gasteiger partial charge < -0.3 is 9.47 Å². The van der Waals surface area contributed by atoms with Crippen molar-refractivity contribution in [3.63, 3.8) is 0 Å². The summed E-state index contributed by atoms with van der Waals surface area (Å²) < 4.78 is 38.3. The summed E-state index contributed by atoms with van der Waals surface area (Å²) in [4.78, 5) is 24.5. The van der Waals surface area contributed by atoms with Gasteiger partial charge in [-0.1, -0.05) is 6.92 Å². The molecule has 0 saturated heterocycles. The maximum atomic E-state index is 14.1. The van der Waals surface area contributed by atoms with Crippen LogP contribution in [0.2, 0.25) is 0 Å². The average molecular weight is 386 g/mol. The zero-order valence-corrected chi connectivity index (χ0v) is 16.7. The molecule has 0 radical (unpaired) electrons. The van der Waals surface area contributed by atoms with Crippen molar-refractivity contribution in [2.24, 2.45) is 28.6 Å². The minimum absolute atomic E-state index is 0.371. The van der Waals surface area contributed by atoms with E-state index < -0.39 is 41.7 Å². The Morgan fingerprint density at radius 2 is 1.52 bits per heavy atom. The van der Waals surface area contributed by atoms with Crippen molar-refractivity contribution in [2.45, 2.75) is 78.1 Å². The summed E-state index contributed by atoms with van der Waals surface area (Å²) in [6.07, 6.45) is 5.89. The smallest absolute Gasteiger partial charge is 0.312 e. The third kappa shape index (κ3) is 4.45. The fraction of sp³-hybridized carbons (Fsp3) is 0.905. The zero-order valence-electron chi connectivity index (χ0n) is 16.7. The van der Waals surface area contributed by atoms with Gasteiger partial charge in [0.25, 0.3) is 5.92 Å². The summed E-state index contributed by atoms with van der Waals surface area (Å²) in [6.45, 7) is 3.99. The largest absolute Gasteiger partial charge is 0.465 e. The molecule has 0 aromatic heterocycles. The lowest BCUT2D eigenvalue weighted by Gasteiger charge is -2.55. The molecule has 4 aliphatic rings. The van der Waals surface area contributed by atoms with Crippen LogP contribution in [-0.4, -0.2) is 31.1 Å². The number of alkyl halides is 2. The Morgan fingerprint density at radius 3 is 2.00 bits per heavy atom. The van der Waals surface area contributed by atoms with Crippen molar-refractivity contribution < 1.29 is 27.8 Å². The first-order chi connectivity index (χ1) is 12.6. The molecule has 0 aliphatic heterocycles. The van der Waals surface area contributed by atoms with Crippen molar-refractivity contribution in [1.82, 2.24) is 0 Å². The molecule has 0 atom stereocenters. The van der Waals surface area contributed by atoms with Gasteiger partial charge in [0, 0.05) is 6.42 Å². The third-order valence-electron chi connectivity index (χ3n) is 7.02. The van der Waals surface area contributed by atoms with Crippen LogP contribution in [0.4, 0.5) is 8.78 Å². The molecule has 0 amide bonds. The minimum atomic E-state index is -3.19. The highest BCUT2D eigenvalue weighted by Gasteiger charge is 2.55. The normalized spacial score (nSPS) is 32.4. The van der Waals surface area contributed by atoms with Crippen LogP contribution in [0.3, 0.4) is 0 Å². The molecule has 6 heteroatoms. The van der Waals surface area contributed by atoms with Gasteiger partial charge in [0.1, 0.15) is 0 Å². The van der Waals surface area contributed by atoms with Gasteiger partial charge in [-0.15, -0.1) is 0 Å². The van der Waals surface area contributed by atoms with Gasteiger partial charge in [0.2, 0.25) is 0 Å². The number of ether oxygens (including phenoxy) is 2. The molecule has 0 aromatic rings. The number of carbonyl (C=O) groups is 2. The van der Waals surface area contributed by atoms with E-state index in [0.717, 1.165) is 19.3 Å². The van der Waals surface area contributed by atoms with Gasteiger partial charge in [-0.05, 0) is 76.5 Å². The molecule has 4 fully saturated rings. The molecule has 27 heavy (non-hydrogen) atoms. The third-order valence-corrected chi connectivity index (χ3v) is 7.02. The maximum absolute atomic E-state index is 14.1. The van der Waals surface area contributed by atoms with Crippen LogP contribution in [0.1, 0.15) is 72.1 Å². The van der Waals surface area contributed by atoms with Crippen molar-refractivity contribution >= 4 is 11.9 Å². The van der Waals surface area contributed by atoms with Crippen LogP contribution >= 0.6 is 0 Å².